The van der Waals surface area contributed by atoms with Crippen LogP contribution < -0.4 is 0 Å². The zero-order valence-electron chi connectivity index (χ0n) is 5.89. The number of allylic oxidation sites excluding steroid dienone is 1. The molecule has 0 radical (unpaired) electrons. The normalized spacial score (nSPS) is 16.1. The first-order chi connectivity index (χ1) is 4.75. The first kappa shape index (κ1) is 7.12. The predicted molar refractivity (Wildman–Crippen MR) is 35.5 cm³/mol. The van der Waals surface area contributed by atoms with Crippen LogP contribution in [0.25, 0.3) is 0 Å². The van der Waals surface area contributed by atoms with Crippen LogP contribution in [-0.2, 0) is 9.53 Å². The first-order valence-electron chi connectivity index (χ1n) is 3.33. The van der Waals surface area contributed by atoms with E-state index >= 15 is 0 Å². The summed E-state index contributed by atoms with van der Waals surface area (Å²) >= 11 is 0. The molecule has 0 saturated heterocycles. The number of hydrogen-bond donors (Lipinski definition) is 1. The summed E-state index contributed by atoms with van der Waals surface area (Å²) in [7, 11) is 0. The molecule has 0 aromatic heterocycles. The maximum Gasteiger partial charge on any atom is 0.338 e. The minimum absolute atomic E-state index is 0.282. The number of aliphatic carboxylic acids is 1. The van der Waals surface area contributed by atoms with Crippen molar-refractivity contribution in [1.82, 2.24) is 0 Å². The molecule has 10 heavy (non-hydrogen) atoms. The largest absolute Gasteiger partial charge is 0.492 e. The highest BCUT2D eigenvalue weighted by Gasteiger charge is 2.23. The molecule has 1 heterocycles. The molecule has 1 N–H and O–H groups in total. The van der Waals surface area contributed by atoms with Crippen molar-refractivity contribution in [1.29, 1.82) is 0 Å². The molecular weight excluding hydrogens is 132 g/mol. The molecule has 3 nitrogen and oxygen atoms in total. The second-order valence-corrected chi connectivity index (χ2v) is 2.25. The molecule has 56 valence electrons. The lowest BCUT2D eigenvalue weighted by Crippen LogP contribution is -2.20. The fourth-order valence-corrected chi connectivity index (χ4v) is 0.878. The fourth-order valence-electron chi connectivity index (χ4n) is 0.878. The van der Waals surface area contributed by atoms with E-state index in [0.29, 0.717) is 11.3 Å². The van der Waals surface area contributed by atoms with Crippen LogP contribution in [-0.4, -0.2) is 17.7 Å². The van der Waals surface area contributed by atoms with Gasteiger partial charge in [-0.1, -0.05) is 6.92 Å². The molecule has 0 amide bonds. The predicted octanol–water partition coefficient (Wildman–Crippen LogP) is 1.16. The Bertz CT molecular complexity index is 181. The van der Waals surface area contributed by atoms with Crippen molar-refractivity contribution >= 4 is 5.97 Å². The molecular formula is C7H10O3. The Morgan fingerprint density at radius 1 is 1.80 bits per heavy atom. The zero-order chi connectivity index (χ0) is 7.56. The molecule has 0 aromatic rings. The van der Waals surface area contributed by atoms with Crippen LogP contribution in [0.1, 0.15) is 19.8 Å². The van der Waals surface area contributed by atoms with Gasteiger partial charge >= 0.3 is 5.97 Å². The minimum atomic E-state index is -0.838. The van der Waals surface area contributed by atoms with Gasteiger partial charge in [0, 0.05) is 6.42 Å². The Balaban J connectivity index is 2.58. The Hall–Kier alpha value is -0.990. The Labute approximate surface area is 59.3 Å². The second kappa shape index (κ2) is 2.73. The lowest BCUT2D eigenvalue weighted by Gasteiger charge is -2.21. The molecule has 3 heteroatoms. The standard InChI is InChI=1S/C7H10O3/c1-2-3-6-5(4-10-6)7(8)9/h2-4H2,1H3,(H,8,9). The number of carboxylic acid groups (broad SMARTS) is 1. The smallest absolute Gasteiger partial charge is 0.338 e. The van der Waals surface area contributed by atoms with Gasteiger partial charge in [-0.25, -0.2) is 4.79 Å². The Morgan fingerprint density at radius 2 is 2.50 bits per heavy atom. The number of carbonyl (C=O) groups is 1. The molecule has 1 aliphatic heterocycles. The lowest BCUT2D eigenvalue weighted by molar-refractivity contribution is -0.134. The van der Waals surface area contributed by atoms with Crippen LogP contribution in [0.4, 0.5) is 0 Å². The van der Waals surface area contributed by atoms with E-state index < -0.39 is 5.97 Å². The third-order valence-electron chi connectivity index (χ3n) is 1.46. The molecule has 0 fully saturated rings. The summed E-state index contributed by atoms with van der Waals surface area (Å²) < 4.78 is 4.94. The summed E-state index contributed by atoms with van der Waals surface area (Å²) in [4.78, 5) is 10.3. The van der Waals surface area contributed by atoms with Gasteiger partial charge in [0.25, 0.3) is 0 Å². The molecule has 0 bridgehead atoms. The van der Waals surface area contributed by atoms with E-state index in [-0.39, 0.29) is 6.61 Å². The van der Waals surface area contributed by atoms with Crippen LogP contribution in [0.2, 0.25) is 0 Å². The number of hydrogen-bond acceptors (Lipinski definition) is 2. The number of carboxylic acids is 1. The highest BCUT2D eigenvalue weighted by atomic mass is 16.5. The molecule has 0 aliphatic carbocycles. The lowest BCUT2D eigenvalue weighted by atomic mass is 10.1. The van der Waals surface area contributed by atoms with Crippen molar-refractivity contribution < 1.29 is 14.6 Å². The van der Waals surface area contributed by atoms with Crippen LogP contribution in [0.3, 0.4) is 0 Å². The topological polar surface area (TPSA) is 46.5 Å². The summed E-state index contributed by atoms with van der Waals surface area (Å²) in [5, 5.41) is 8.49. The van der Waals surface area contributed by atoms with Crippen LogP contribution >= 0.6 is 0 Å². The number of ether oxygens (including phenoxy) is 1. The van der Waals surface area contributed by atoms with Gasteiger partial charge in [-0.2, -0.15) is 0 Å². The van der Waals surface area contributed by atoms with E-state index in [0.717, 1.165) is 12.8 Å². The third kappa shape index (κ3) is 1.12. The molecule has 1 aliphatic rings. The van der Waals surface area contributed by atoms with Crippen LogP contribution in [0, 0.1) is 0 Å². The van der Waals surface area contributed by atoms with Crippen molar-refractivity contribution in [2.45, 2.75) is 19.8 Å². The van der Waals surface area contributed by atoms with Crippen molar-refractivity contribution in [3.63, 3.8) is 0 Å². The van der Waals surface area contributed by atoms with Crippen LogP contribution in [0.15, 0.2) is 11.3 Å². The van der Waals surface area contributed by atoms with Gasteiger partial charge in [-0.3, -0.25) is 0 Å². The monoisotopic (exact) mass is 142 g/mol. The van der Waals surface area contributed by atoms with Gasteiger partial charge < -0.3 is 9.84 Å². The van der Waals surface area contributed by atoms with Crippen molar-refractivity contribution in [3.8, 4) is 0 Å². The van der Waals surface area contributed by atoms with E-state index in [1.807, 2.05) is 6.92 Å². The van der Waals surface area contributed by atoms with Gasteiger partial charge in [0.15, 0.2) is 0 Å². The summed E-state index contributed by atoms with van der Waals surface area (Å²) in [5.41, 5.74) is 0.446. The van der Waals surface area contributed by atoms with Gasteiger partial charge in [-0.05, 0) is 6.42 Å². The molecule has 0 atom stereocenters. The van der Waals surface area contributed by atoms with E-state index in [2.05, 4.69) is 0 Å². The van der Waals surface area contributed by atoms with E-state index in [9.17, 15) is 4.79 Å². The van der Waals surface area contributed by atoms with E-state index in [1.54, 1.807) is 0 Å². The summed E-state index contributed by atoms with van der Waals surface area (Å²) in [6.45, 7) is 2.28. The van der Waals surface area contributed by atoms with Crippen molar-refractivity contribution in [3.05, 3.63) is 11.3 Å². The van der Waals surface area contributed by atoms with E-state index in [4.69, 9.17) is 9.84 Å². The SMILES string of the molecule is CCCC1=C(C(=O)O)CO1. The fraction of sp³-hybridized carbons (Fsp3) is 0.571. The van der Waals surface area contributed by atoms with E-state index in [1.165, 1.54) is 0 Å². The highest BCUT2D eigenvalue weighted by Crippen LogP contribution is 2.22. The molecule has 0 spiro atoms. The highest BCUT2D eigenvalue weighted by molar-refractivity contribution is 5.88. The summed E-state index contributed by atoms with van der Waals surface area (Å²) in [6.07, 6.45) is 1.69. The molecule has 0 unspecified atom stereocenters. The molecule has 1 rings (SSSR count). The maximum absolute atomic E-state index is 10.3. The van der Waals surface area contributed by atoms with Crippen molar-refractivity contribution in [2.75, 3.05) is 6.61 Å². The third-order valence-corrected chi connectivity index (χ3v) is 1.46. The second-order valence-electron chi connectivity index (χ2n) is 2.25. The quantitative estimate of drug-likeness (QED) is 0.643. The Kier molecular flexibility index (Phi) is 1.94. The summed E-state index contributed by atoms with van der Waals surface area (Å²) in [5.74, 6) is -0.176. The van der Waals surface area contributed by atoms with Gasteiger partial charge in [0.1, 0.15) is 17.9 Å². The maximum atomic E-state index is 10.3. The van der Waals surface area contributed by atoms with Crippen molar-refractivity contribution in [2.24, 2.45) is 0 Å². The van der Waals surface area contributed by atoms with Gasteiger partial charge in [-0.15, -0.1) is 0 Å². The average molecular weight is 142 g/mol. The van der Waals surface area contributed by atoms with Gasteiger partial charge in [0.05, 0.1) is 0 Å². The van der Waals surface area contributed by atoms with Crippen LogP contribution in [0.5, 0.6) is 0 Å². The zero-order valence-corrected chi connectivity index (χ0v) is 5.89. The average Bonchev–Trinajstić information content (AvgIpc) is 1.78. The Morgan fingerprint density at radius 3 is 2.80 bits per heavy atom. The molecule has 0 saturated carbocycles. The molecule has 0 aromatic carbocycles. The number of rotatable bonds is 3. The first-order valence-corrected chi connectivity index (χ1v) is 3.33. The minimum Gasteiger partial charge on any atom is -0.492 e. The summed E-state index contributed by atoms with van der Waals surface area (Å²) in [6, 6.07) is 0. The van der Waals surface area contributed by atoms with Gasteiger partial charge in [0.2, 0.25) is 0 Å².